The fourth-order valence-electron chi connectivity index (χ4n) is 3.09. The highest BCUT2D eigenvalue weighted by molar-refractivity contribution is 14.0. The number of rotatable bonds is 9. The molecule has 0 aliphatic carbocycles. The van der Waals surface area contributed by atoms with Crippen molar-refractivity contribution in [1.29, 1.82) is 0 Å². The van der Waals surface area contributed by atoms with Gasteiger partial charge < -0.3 is 24.9 Å². The summed E-state index contributed by atoms with van der Waals surface area (Å²) >= 11 is 0. The second kappa shape index (κ2) is 13.3. The van der Waals surface area contributed by atoms with E-state index in [1.54, 1.807) is 0 Å². The molecule has 0 bridgehead atoms. The van der Waals surface area contributed by atoms with Crippen LogP contribution < -0.4 is 10.6 Å². The molecule has 1 aromatic heterocycles. The Morgan fingerprint density at radius 1 is 1.07 bits per heavy atom. The van der Waals surface area contributed by atoms with E-state index in [4.69, 9.17) is 4.42 Å². The van der Waals surface area contributed by atoms with Gasteiger partial charge in [-0.15, -0.1) is 24.0 Å². The minimum Gasteiger partial charge on any atom is -0.444 e. The van der Waals surface area contributed by atoms with Crippen LogP contribution in [0.5, 0.6) is 0 Å². The number of guanidine groups is 1. The Balaban J connectivity index is 0.00000364. The summed E-state index contributed by atoms with van der Waals surface area (Å²) in [4.78, 5) is 14.0. The fourth-order valence-corrected chi connectivity index (χ4v) is 3.09. The molecule has 0 saturated carbocycles. The third-order valence-electron chi connectivity index (χ3n) is 4.90. The Labute approximate surface area is 181 Å². The second-order valence-corrected chi connectivity index (χ2v) is 6.85. The van der Waals surface area contributed by atoms with Crippen LogP contribution in [0.15, 0.2) is 9.41 Å². The van der Waals surface area contributed by atoms with Gasteiger partial charge >= 0.3 is 0 Å². The van der Waals surface area contributed by atoms with Gasteiger partial charge in [0.1, 0.15) is 12.3 Å². The van der Waals surface area contributed by atoms with Crippen LogP contribution in [0, 0.1) is 13.8 Å². The third kappa shape index (κ3) is 8.78. The molecule has 0 unspecified atom stereocenters. The molecule has 1 aliphatic rings. The van der Waals surface area contributed by atoms with Gasteiger partial charge in [-0.2, -0.15) is 0 Å². The van der Waals surface area contributed by atoms with Gasteiger partial charge in [0.2, 0.25) is 5.89 Å². The van der Waals surface area contributed by atoms with Crippen LogP contribution in [0.3, 0.4) is 0 Å². The number of aliphatic imine (C=N–C) groups is 1. The first-order valence-corrected chi connectivity index (χ1v) is 10.0. The summed E-state index contributed by atoms with van der Waals surface area (Å²) in [6.45, 7) is 17.7. The Morgan fingerprint density at radius 2 is 1.78 bits per heavy atom. The Hall–Kier alpha value is -0.870. The SMILES string of the molecule is CCNC(=NCc1nc(C)c(C)o1)NCCCCN1CCN(CC)CC1.I. The van der Waals surface area contributed by atoms with Crippen molar-refractivity contribution in [1.82, 2.24) is 25.4 Å². The van der Waals surface area contributed by atoms with E-state index in [0.29, 0.717) is 12.4 Å². The fraction of sp³-hybridized carbons (Fsp3) is 0.789. The van der Waals surface area contributed by atoms with Crippen molar-refractivity contribution in [2.45, 2.75) is 47.1 Å². The van der Waals surface area contributed by atoms with E-state index in [9.17, 15) is 0 Å². The van der Waals surface area contributed by atoms with Crippen LogP contribution in [-0.2, 0) is 6.54 Å². The van der Waals surface area contributed by atoms with Crippen molar-refractivity contribution in [3.8, 4) is 0 Å². The van der Waals surface area contributed by atoms with E-state index in [1.165, 1.54) is 45.7 Å². The summed E-state index contributed by atoms with van der Waals surface area (Å²) in [5, 5.41) is 6.69. The van der Waals surface area contributed by atoms with E-state index < -0.39 is 0 Å². The number of likely N-dealkylation sites (N-methyl/N-ethyl adjacent to an activating group) is 1. The monoisotopic (exact) mass is 492 g/mol. The lowest BCUT2D eigenvalue weighted by Gasteiger charge is -2.34. The maximum Gasteiger partial charge on any atom is 0.216 e. The van der Waals surface area contributed by atoms with Crippen LogP contribution in [0.25, 0.3) is 0 Å². The zero-order chi connectivity index (χ0) is 18.8. The van der Waals surface area contributed by atoms with Gasteiger partial charge in [0.15, 0.2) is 5.96 Å². The third-order valence-corrected chi connectivity index (χ3v) is 4.90. The van der Waals surface area contributed by atoms with Crippen molar-refractivity contribution < 1.29 is 4.42 Å². The molecule has 1 fully saturated rings. The molecule has 1 aliphatic heterocycles. The summed E-state index contributed by atoms with van der Waals surface area (Å²) in [6, 6.07) is 0. The molecule has 0 amide bonds. The molecule has 8 heteroatoms. The van der Waals surface area contributed by atoms with Crippen LogP contribution in [-0.4, -0.2) is 73.1 Å². The van der Waals surface area contributed by atoms with E-state index in [0.717, 1.165) is 36.9 Å². The standard InChI is InChI=1S/C19H36N6O.HI/c1-5-20-19(22-15-18-23-16(3)17(4)26-18)21-9-7-8-10-25-13-11-24(6-2)12-14-25;/h5-15H2,1-4H3,(H2,20,21,22);1H. The summed E-state index contributed by atoms with van der Waals surface area (Å²) in [5.41, 5.74) is 0.938. The van der Waals surface area contributed by atoms with Crippen LogP contribution in [0.2, 0.25) is 0 Å². The summed E-state index contributed by atoms with van der Waals surface area (Å²) < 4.78 is 5.59. The molecule has 2 N–H and O–H groups in total. The van der Waals surface area contributed by atoms with Crippen LogP contribution in [0.1, 0.15) is 44.0 Å². The lowest BCUT2D eigenvalue weighted by Crippen LogP contribution is -2.46. The number of halogens is 1. The topological polar surface area (TPSA) is 68.9 Å². The zero-order valence-corrected chi connectivity index (χ0v) is 19.7. The molecule has 0 spiro atoms. The molecular formula is C19H37IN6O. The van der Waals surface area contributed by atoms with Gasteiger partial charge in [0.05, 0.1) is 5.69 Å². The number of hydrogen-bond acceptors (Lipinski definition) is 5. The van der Waals surface area contributed by atoms with Gasteiger partial charge in [-0.1, -0.05) is 6.92 Å². The van der Waals surface area contributed by atoms with Gasteiger partial charge in [-0.3, -0.25) is 0 Å². The average molecular weight is 492 g/mol. The number of hydrogen-bond donors (Lipinski definition) is 2. The predicted molar refractivity (Wildman–Crippen MR) is 122 cm³/mol. The summed E-state index contributed by atoms with van der Waals surface area (Å²) in [5.74, 6) is 2.37. The number of aryl methyl sites for hydroxylation is 2. The quantitative estimate of drug-likeness (QED) is 0.239. The minimum absolute atomic E-state index is 0. The van der Waals surface area contributed by atoms with E-state index in [-0.39, 0.29) is 24.0 Å². The molecule has 0 radical (unpaired) electrons. The maximum atomic E-state index is 5.59. The Kier molecular flexibility index (Phi) is 11.9. The normalized spacial score (nSPS) is 16.2. The van der Waals surface area contributed by atoms with E-state index >= 15 is 0 Å². The molecule has 0 aromatic carbocycles. The first-order valence-electron chi connectivity index (χ1n) is 10.0. The lowest BCUT2D eigenvalue weighted by molar-refractivity contribution is 0.136. The van der Waals surface area contributed by atoms with Crippen LogP contribution in [0.4, 0.5) is 0 Å². The average Bonchev–Trinajstić information content (AvgIpc) is 2.97. The number of aromatic nitrogens is 1. The van der Waals surface area contributed by atoms with Crippen molar-refractivity contribution in [2.75, 3.05) is 52.4 Å². The number of piperazine rings is 1. The van der Waals surface area contributed by atoms with Crippen molar-refractivity contribution in [3.05, 3.63) is 17.3 Å². The van der Waals surface area contributed by atoms with E-state index in [2.05, 4.69) is 44.3 Å². The number of nitrogens with zero attached hydrogens (tertiary/aromatic N) is 4. The van der Waals surface area contributed by atoms with Gasteiger partial charge in [-0.25, -0.2) is 9.98 Å². The molecule has 1 saturated heterocycles. The number of nitrogens with one attached hydrogen (secondary N) is 2. The first kappa shape index (κ1) is 24.2. The minimum atomic E-state index is 0. The zero-order valence-electron chi connectivity index (χ0n) is 17.4. The lowest BCUT2D eigenvalue weighted by atomic mass is 10.2. The molecule has 2 rings (SSSR count). The Morgan fingerprint density at radius 3 is 2.37 bits per heavy atom. The second-order valence-electron chi connectivity index (χ2n) is 6.85. The van der Waals surface area contributed by atoms with Crippen molar-refractivity contribution in [3.63, 3.8) is 0 Å². The molecule has 2 heterocycles. The summed E-state index contributed by atoms with van der Waals surface area (Å²) in [7, 11) is 0. The first-order chi connectivity index (χ1) is 12.6. The largest absolute Gasteiger partial charge is 0.444 e. The molecule has 0 atom stereocenters. The number of unbranched alkanes of at least 4 members (excludes halogenated alkanes) is 1. The predicted octanol–water partition coefficient (Wildman–Crippen LogP) is 2.38. The van der Waals surface area contributed by atoms with Gasteiger partial charge in [0.25, 0.3) is 0 Å². The smallest absolute Gasteiger partial charge is 0.216 e. The summed E-state index contributed by atoms with van der Waals surface area (Å²) in [6.07, 6.45) is 2.37. The van der Waals surface area contributed by atoms with Crippen LogP contribution >= 0.6 is 24.0 Å². The van der Waals surface area contributed by atoms with E-state index in [1.807, 2.05) is 13.8 Å². The Bertz CT molecular complexity index is 535. The van der Waals surface area contributed by atoms with Crippen molar-refractivity contribution >= 4 is 29.9 Å². The maximum absolute atomic E-state index is 5.59. The van der Waals surface area contributed by atoms with Gasteiger partial charge in [-0.05, 0) is 46.7 Å². The molecular weight excluding hydrogens is 455 g/mol. The molecule has 7 nitrogen and oxygen atoms in total. The molecule has 27 heavy (non-hydrogen) atoms. The highest BCUT2D eigenvalue weighted by Crippen LogP contribution is 2.09. The molecule has 1 aromatic rings. The molecule has 156 valence electrons. The van der Waals surface area contributed by atoms with Crippen molar-refractivity contribution in [2.24, 2.45) is 4.99 Å². The highest BCUT2D eigenvalue weighted by atomic mass is 127. The number of oxazole rings is 1. The highest BCUT2D eigenvalue weighted by Gasteiger charge is 2.14. The van der Waals surface area contributed by atoms with Gasteiger partial charge in [0, 0.05) is 39.3 Å².